The van der Waals surface area contributed by atoms with Crippen LogP contribution < -0.4 is 10.1 Å². The molecule has 0 spiro atoms. The van der Waals surface area contributed by atoms with Gasteiger partial charge in [-0.1, -0.05) is 0 Å². The Hall–Kier alpha value is -1.20. The zero-order valence-corrected chi connectivity index (χ0v) is 10.8. The van der Waals surface area contributed by atoms with E-state index >= 15 is 0 Å². The van der Waals surface area contributed by atoms with Gasteiger partial charge in [0, 0.05) is 22.7 Å². The highest BCUT2D eigenvalue weighted by Gasteiger charge is 2.16. The minimum Gasteiger partial charge on any atom is -0.317 e. The predicted molar refractivity (Wildman–Crippen MR) is 71.0 cm³/mol. The lowest BCUT2D eigenvalue weighted by Crippen LogP contribution is -2.31. The van der Waals surface area contributed by atoms with Crippen LogP contribution in [-0.4, -0.2) is 29.1 Å². The van der Waals surface area contributed by atoms with E-state index in [0.29, 0.717) is 6.04 Å². The lowest BCUT2D eigenvalue weighted by Gasteiger charge is -2.17. The van der Waals surface area contributed by atoms with Gasteiger partial charge in [-0.05, 0) is 32.0 Å². The molecule has 0 amide bonds. The van der Waals surface area contributed by atoms with Crippen LogP contribution in [0.4, 0.5) is 0 Å². The van der Waals surface area contributed by atoms with Crippen LogP contribution in [0.2, 0.25) is 0 Å². The van der Waals surface area contributed by atoms with Crippen molar-refractivity contribution in [2.75, 3.05) is 13.1 Å². The van der Waals surface area contributed by atoms with Crippen molar-refractivity contribution in [1.29, 1.82) is 0 Å². The smallest absolute Gasteiger partial charge is 0.317 e. The topological polar surface area (TPSA) is 53.1 Å². The van der Waals surface area contributed by atoms with E-state index in [2.05, 4.69) is 27.6 Å². The highest BCUT2D eigenvalue weighted by atomic mass is 32.2. The molecule has 1 aliphatic rings. The largest absolute Gasteiger partial charge is 0.341 e. The van der Waals surface area contributed by atoms with Gasteiger partial charge in [-0.15, -0.1) is 0 Å². The van der Waals surface area contributed by atoms with Crippen molar-refractivity contribution in [3.8, 4) is 0 Å². The van der Waals surface area contributed by atoms with Gasteiger partial charge in [-0.25, -0.2) is 9.98 Å². The average molecular weight is 249 g/mol. The molecule has 1 saturated heterocycles. The maximum absolute atomic E-state index is 4.87. The second-order valence-corrected chi connectivity index (χ2v) is 6.25. The molecule has 1 unspecified atom stereocenters. The molecular weight excluding hydrogens is 232 g/mol. The van der Waals surface area contributed by atoms with Crippen LogP contribution in [-0.2, 0) is 6.26 Å². The molecule has 2 aromatic heterocycles. The number of hydrogen-bond acceptors (Lipinski definition) is 3. The number of thiazole rings is 1. The molecule has 5 heteroatoms. The highest BCUT2D eigenvalue weighted by molar-refractivity contribution is 7.33. The van der Waals surface area contributed by atoms with E-state index < -0.39 is 0 Å². The number of nitrogens with zero attached hydrogens (tertiary/aromatic N) is 2. The SMILES string of the molecule is C[s+]1c(=NC2CCNCC2)[nH]c2ncccc21. The Morgan fingerprint density at radius 1 is 1.41 bits per heavy atom. The molecule has 17 heavy (non-hydrogen) atoms. The first kappa shape index (κ1) is 10.9. The van der Waals surface area contributed by atoms with Crippen LogP contribution in [0, 0.1) is 0 Å². The average Bonchev–Trinajstić information content (AvgIpc) is 2.68. The van der Waals surface area contributed by atoms with Crippen LogP contribution >= 0.6 is 10.5 Å². The first-order valence-electron chi connectivity index (χ1n) is 6.01. The van der Waals surface area contributed by atoms with Gasteiger partial charge in [0.25, 0.3) is 0 Å². The van der Waals surface area contributed by atoms with Crippen molar-refractivity contribution in [1.82, 2.24) is 15.3 Å². The molecule has 0 aromatic carbocycles. The molecular formula is C12H17N4S+. The Bertz CT molecular complexity index is 577. The van der Waals surface area contributed by atoms with Crippen molar-refractivity contribution in [2.24, 2.45) is 11.2 Å². The second-order valence-electron chi connectivity index (χ2n) is 4.40. The molecule has 0 bridgehead atoms. The molecule has 2 N–H and O–H groups in total. The van der Waals surface area contributed by atoms with Crippen molar-refractivity contribution >= 4 is 20.8 Å². The summed E-state index contributed by atoms with van der Waals surface area (Å²) in [5.74, 6) is 0. The quantitative estimate of drug-likeness (QED) is 0.753. The summed E-state index contributed by atoms with van der Waals surface area (Å²) >= 11 is 0. The highest BCUT2D eigenvalue weighted by Crippen LogP contribution is 2.20. The number of fused-ring (bicyclic) bond motifs is 1. The van der Waals surface area contributed by atoms with Gasteiger partial charge in [0.15, 0.2) is 5.65 Å². The summed E-state index contributed by atoms with van der Waals surface area (Å²) in [5.41, 5.74) is 0.992. The number of pyridine rings is 1. The molecule has 3 heterocycles. The Kier molecular flexibility index (Phi) is 2.94. The van der Waals surface area contributed by atoms with Gasteiger partial charge in [0.2, 0.25) is 4.70 Å². The minimum atomic E-state index is 0.0687. The summed E-state index contributed by atoms with van der Waals surface area (Å²) in [4.78, 5) is 13.7. The molecule has 4 nitrogen and oxygen atoms in total. The molecule has 0 aliphatic carbocycles. The number of H-pyrrole nitrogens is 1. The van der Waals surface area contributed by atoms with Crippen molar-refractivity contribution in [3.05, 3.63) is 23.1 Å². The van der Waals surface area contributed by atoms with E-state index in [-0.39, 0.29) is 10.5 Å². The van der Waals surface area contributed by atoms with Gasteiger partial charge < -0.3 is 5.32 Å². The standard InChI is InChI=1S/C12H17N4S/c1-17-10-3-2-6-14-11(10)16-12(17)15-9-4-7-13-8-5-9/h2-3,6,9,13H,4-5,7-8H2,1H3,(H,14,15,16)/q+1. The summed E-state index contributed by atoms with van der Waals surface area (Å²) in [5, 5.41) is 3.37. The molecule has 1 fully saturated rings. The summed E-state index contributed by atoms with van der Waals surface area (Å²) in [6.07, 6.45) is 6.34. The molecule has 90 valence electrons. The third-order valence-electron chi connectivity index (χ3n) is 3.22. The predicted octanol–water partition coefficient (Wildman–Crippen LogP) is 1.50. The fourth-order valence-corrected chi connectivity index (χ4v) is 3.67. The molecule has 2 aromatic rings. The minimum absolute atomic E-state index is 0.0687. The lowest BCUT2D eigenvalue weighted by atomic mass is 10.1. The van der Waals surface area contributed by atoms with E-state index in [1.807, 2.05) is 12.3 Å². The molecule has 0 radical (unpaired) electrons. The van der Waals surface area contributed by atoms with Gasteiger partial charge in [0.1, 0.15) is 6.26 Å². The molecule has 1 atom stereocenters. The summed E-state index contributed by atoms with van der Waals surface area (Å²) in [7, 11) is 0.0687. The molecule has 3 rings (SSSR count). The first-order valence-corrected chi connectivity index (χ1v) is 7.64. The number of rotatable bonds is 1. The summed E-state index contributed by atoms with van der Waals surface area (Å²) in [6, 6.07) is 4.61. The number of nitrogens with one attached hydrogen (secondary N) is 2. The van der Waals surface area contributed by atoms with E-state index in [1.165, 1.54) is 4.70 Å². The van der Waals surface area contributed by atoms with Crippen molar-refractivity contribution < 1.29 is 0 Å². The Morgan fingerprint density at radius 2 is 2.24 bits per heavy atom. The van der Waals surface area contributed by atoms with Gasteiger partial charge >= 0.3 is 4.80 Å². The lowest BCUT2D eigenvalue weighted by molar-refractivity contribution is 0.453. The first-order chi connectivity index (χ1) is 8.34. The fourth-order valence-electron chi connectivity index (χ4n) is 2.23. The molecule has 1 aliphatic heterocycles. The normalized spacial score (nSPS) is 20.1. The van der Waals surface area contributed by atoms with Gasteiger partial charge in [-0.2, -0.15) is 0 Å². The number of aryl methyl sites for hydroxylation is 1. The monoisotopic (exact) mass is 249 g/mol. The fraction of sp³-hybridized carbons (Fsp3) is 0.500. The van der Waals surface area contributed by atoms with Crippen LogP contribution in [0.25, 0.3) is 10.3 Å². The van der Waals surface area contributed by atoms with Crippen molar-refractivity contribution in [2.45, 2.75) is 18.9 Å². The second kappa shape index (κ2) is 4.58. The van der Waals surface area contributed by atoms with Crippen molar-refractivity contribution in [3.63, 3.8) is 0 Å². The maximum atomic E-state index is 4.87. The number of piperidine rings is 1. The van der Waals surface area contributed by atoms with Crippen LogP contribution in [0.1, 0.15) is 12.8 Å². The Labute approximate surface area is 103 Å². The summed E-state index contributed by atoms with van der Waals surface area (Å²) < 4.78 is 1.29. The van der Waals surface area contributed by atoms with Gasteiger partial charge in [0.05, 0.1) is 6.04 Å². The van der Waals surface area contributed by atoms with E-state index in [1.54, 1.807) is 0 Å². The number of aromatic amines is 1. The third kappa shape index (κ3) is 2.12. The van der Waals surface area contributed by atoms with Crippen LogP contribution in [0.3, 0.4) is 0 Å². The zero-order chi connectivity index (χ0) is 11.7. The van der Waals surface area contributed by atoms with E-state index in [0.717, 1.165) is 36.4 Å². The Morgan fingerprint density at radius 3 is 3.00 bits per heavy atom. The van der Waals surface area contributed by atoms with E-state index in [9.17, 15) is 0 Å². The summed E-state index contributed by atoms with van der Waals surface area (Å²) in [6.45, 7) is 2.17. The number of hydrogen-bond donors (Lipinski definition) is 2. The number of aromatic nitrogens is 2. The molecule has 0 saturated carbocycles. The van der Waals surface area contributed by atoms with Gasteiger partial charge in [-0.3, -0.25) is 4.98 Å². The third-order valence-corrected chi connectivity index (χ3v) is 5.00. The van der Waals surface area contributed by atoms with Crippen LogP contribution in [0.15, 0.2) is 23.3 Å². The van der Waals surface area contributed by atoms with E-state index in [4.69, 9.17) is 4.99 Å². The van der Waals surface area contributed by atoms with Crippen LogP contribution in [0.5, 0.6) is 0 Å². The maximum Gasteiger partial charge on any atom is 0.341 e. The Balaban J connectivity index is 2.04. The zero-order valence-electron chi connectivity index (χ0n) is 9.94.